The van der Waals surface area contributed by atoms with Crippen molar-refractivity contribution in [3.8, 4) is 11.6 Å². The predicted octanol–water partition coefficient (Wildman–Crippen LogP) is 3.66. The van der Waals surface area contributed by atoms with Gasteiger partial charge in [-0.1, -0.05) is 6.07 Å². The Balaban J connectivity index is 1.98. The Morgan fingerprint density at radius 2 is 2.12 bits per heavy atom. The van der Waals surface area contributed by atoms with Crippen LogP contribution in [0.4, 0.5) is 0 Å². The molecule has 0 saturated carbocycles. The number of fused-ring (bicyclic) bond motifs is 1. The molecule has 0 aliphatic rings. The first-order valence-corrected chi connectivity index (χ1v) is 5.49. The molecule has 2 heterocycles. The van der Waals surface area contributed by atoms with Crippen LogP contribution in [0, 0.1) is 6.92 Å². The van der Waals surface area contributed by atoms with E-state index < -0.39 is 0 Å². The number of benzene rings is 1. The van der Waals surface area contributed by atoms with Crippen molar-refractivity contribution in [3.05, 3.63) is 54.4 Å². The van der Waals surface area contributed by atoms with Gasteiger partial charge in [0.25, 0.3) is 0 Å². The fourth-order valence-electron chi connectivity index (χ4n) is 1.83. The monoisotopic (exact) mass is 224 g/mol. The minimum atomic E-state index is 0.611. The van der Waals surface area contributed by atoms with Gasteiger partial charge in [0.1, 0.15) is 5.75 Å². The largest absolute Gasteiger partial charge is 0.439 e. The summed E-state index contributed by atoms with van der Waals surface area (Å²) < 4.78 is 5.69. The molecule has 0 spiro atoms. The molecule has 1 aromatic carbocycles. The zero-order valence-corrected chi connectivity index (χ0v) is 9.47. The van der Waals surface area contributed by atoms with Crippen molar-refractivity contribution in [1.82, 2.24) is 9.97 Å². The quantitative estimate of drug-likeness (QED) is 0.721. The third kappa shape index (κ3) is 1.87. The normalized spacial score (nSPS) is 10.6. The average molecular weight is 224 g/mol. The first kappa shape index (κ1) is 9.90. The van der Waals surface area contributed by atoms with Crippen LogP contribution in [-0.4, -0.2) is 9.97 Å². The van der Waals surface area contributed by atoms with Crippen LogP contribution in [0.2, 0.25) is 0 Å². The summed E-state index contributed by atoms with van der Waals surface area (Å²) in [5, 5.41) is 1.18. The lowest BCUT2D eigenvalue weighted by atomic mass is 10.2. The van der Waals surface area contributed by atoms with Crippen molar-refractivity contribution in [2.45, 2.75) is 6.92 Å². The maximum absolute atomic E-state index is 5.69. The molecule has 0 atom stereocenters. The third-order valence-corrected chi connectivity index (χ3v) is 2.72. The van der Waals surface area contributed by atoms with E-state index in [0.717, 1.165) is 11.3 Å². The molecule has 2 aromatic heterocycles. The number of pyridine rings is 1. The second-order valence-electron chi connectivity index (χ2n) is 3.95. The Hall–Kier alpha value is -2.29. The minimum absolute atomic E-state index is 0.611. The van der Waals surface area contributed by atoms with Gasteiger partial charge in [-0.05, 0) is 36.8 Å². The number of hydrogen-bond donors (Lipinski definition) is 1. The maximum atomic E-state index is 5.69. The van der Waals surface area contributed by atoms with Crippen LogP contribution >= 0.6 is 0 Å². The third-order valence-electron chi connectivity index (χ3n) is 2.72. The van der Waals surface area contributed by atoms with Crippen molar-refractivity contribution in [1.29, 1.82) is 0 Å². The van der Waals surface area contributed by atoms with Gasteiger partial charge in [0.05, 0.1) is 0 Å². The molecule has 0 amide bonds. The molecule has 0 unspecified atom stereocenters. The lowest BCUT2D eigenvalue weighted by molar-refractivity contribution is 0.463. The zero-order chi connectivity index (χ0) is 11.7. The van der Waals surface area contributed by atoms with E-state index in [9.17, 15) is 0 Å². The standard InChI is InChI=1S/C14H12N2O/c1-10-9-16-13-6-5-11(8-12(10)13)17-14-4-2-3-7-15-14/h2-9,16H,1H3. The Bertz CT molecular complexity index is 644. The molecule has 0 aliphatic heterocycles. The first-order chi connectivity index (χ1) is 8.33. The molecular weight excluding hydrogens is 212 g/mol. The molecule has 1 N–H and O–H groups in total. The fraction of sp³-hybridized carbons (Fsp3) is 0.0714. The molecule has 0 saturated heterocycles. The van der Waals surface area contributed by atoms with E-state index in [1.807, 2.05) is 42.6 Å². The molecule has 0 radical (unpaired) electrons. The van der Waals surface area contributed by atoms with Gasteiger partial charge in [-0.2, -0.15) is 0 Å². The summed E-state index contributed by atoms with van der Waals surface area (Å²) in [5.74, 6) is 1.42. The molecular formula is C14H12N2O. The zero-order valence-electron chi connectivity index (χ0n) is 9.47. The first-order valence-electron chi connectivity index (χ1n) is 5.49. The van der Waals surface area contributed by atoms with Gasteiger partial charge >= 0.3 is 0 Å². The van der Waals surface area contributed by atoms with E-state index in [4.69, 9.17) is 4.74 Å². The molecule has 17 heavy (non-hydrogen) atoms. The van der Waals surface area contributed by atoms with Gasteiger partial charge in [-0.15, -0.1) is 0 Å². The molecule has 84 valence electrons. The molecule has 3 heteroatoms. The van der Waals surface area contributed by atoms with E-state index in [1.165, 1.54) is 10.9 Å². The van der Waals surface area contributed by atoms with Crippen molar-refractivity contribution in [3.63, 3.8) is 0 Å². The van der Waals surface area contributed by atoms with Crippen LogP contribution in [0.5, 0.6) is 11.6 Å². The molecule has 0 fully saturated rings. The highest BCUT2D eigenvalue weighted by atomic mass is 16.5. The average Bonchev–Trinajstić information content (AvgIpc) is 2.73. The summed E-state index contributed by atoms with van der Waals surface area (Å²) in [5.41, 5.74) is 2.34. The summed E-state index contributed by atoms with van der Waals surface area (Å²) >= 11 is 0. The molecule has 3 aromatic rings. The molecule has 0 aliphatic carbocycles. The summed E-state index contributed by atoms with van der Waals surface area (Å²) in [7, 11) is 0. The SMILES string of the molecule is Cc1c[nH]c2ccc(Oc3ccccn3)cc12. The summed E-state index contributed by atoms with van der Waals surface area (Å²) in [4.78, 5) is 7.34. The van der Waals surface area contributed by atoms with Gasteiger partial charge in [0.2, 0.25) is 5.88 Å². The van der Waals surface area contributed by atoms with Gasteiger partial charge in [-0.25, -0.2) is 4.98 Å². The van der Waals surface area contributed by atoms with Crippen LogP contribution in [-0.2, 0) is 0 Å². The lowest BCUT2D eigenvalue weighted by Gasteiger charge is -2.04. The summed E-state index contributed by atoms with van der Waals surface area (Å²) in [6, 6.07) is 11.6. The second kappa shape index (κ2) is 3.94. The number of ether oxygens (including phenoxy) is 1. The van der Waals surface area contributed by atoms with E-state index in [2.05, 4.69) is 16.9 Å². The maximum Gasteiger partial charge on any atom is 0.219 e. The van der Waals surface area contributed by atoms with Crippen molar-refractivity contribution in [2.24, 2.45) is 0 Å². The number of nitrogens with zero attached hydrogens (tertiary/aromatic N) is 1. The highest BCUT2D eigenvalue weighted by molar-refractivity contribution is 5.84. The second-order valence-corrected chi connectivity index (χ2v) is 3.95. The molecule has 3 rings (SSSR count). The highest BCUT2D eigenvalue weighted by Gasteiger charge is 2.03. The topological polar surface area (TPSA) is 37.9 Å². The van der Waals surface area contributed by atoms with Crippen molar-refractivity contribution in [2.75, 3.05) is 0 Å². The minimum Gasteiger partial charge on any atom is -0.439 e. The van der Waals surface area contributed by atoms with E-state index in [1.54, 1.807) is 6.20 Å². The number of hydrogen-bond acceptors (Lipinski definition) is 2. The van der Waals surface area contributed by atoms with Crippen LogP contribution in [0.3, 0.4) is 0 Å². The Morgan fingerprint density at radius 1 is 1.18 bits per heavy atom. The number of H-pyrrole nitrogens is 1. The smallest absolute Gasteiger partial charge is 0.219 e. The van der Waals surface area contributed by atoms with Crippen LogP contribution in [0.15, 0.2) is 48.8 Å². The van der Waals surface area contributed by atoms with Gasteiger partial charge in [0, 0.05) is 29.4 Å². The van der Waals surface area contributed by atoms with Crippen LogP contribution in [0.1, 0.15) is 5.56 Å². The number of aromatic amines is 1. The number of aryl methyl sites for hydroxylation is 1. The Labute approximate surface area is 99.1 Å². The van der Waals surface area contributed by atoms with Crippen molar-refractivity contribution < 1.29 is 4.74 Å². The van der Waals surface area contributed by atoms with E-state index in [0.29, 0.717) is 5.88 Å². The van der Waals surface area contributed by atoms with Crippen LogP contribution < -0.4 is 4.74 Å². The van der Waals surface area contributed by atoms with E-state index >= 15 is 0 Å². The highest BCUT2D eigenvalue weighted by Crippen LogP contribution is 2.25. The lowest BCUT2D eigenvalue weighted by Crippen LogP contribution is -1.86. The Morgan fingerprint density at radius 3 is 2.94 bits per heavy atom. The number of aromatic nitrogens is 2. The molecule has 3 nitrogen and oxygen atoms in total. The van der Waals surface area contributed by atoms with Gasteiger partial charge < -0.3 is 9.72 Å². The number of nitrogens with one attached hydrogen (secondary N) is 1. The van der Waals surface area contributed by atoms with Crippen LogP contribution in [0.25, 0.3) is 10.9 Å². The Kier molecular flexibility index (Phi) is 2.29. The fourth-order valence-corrected chi connectivity index (χ4v) is 1.83. The van der Waals surface area contributed by atoms with Crippen molar-refractivity contribution >= 4 is 10.9 Å². The molecule has 0 bridgehead atoms. The predicted molar refractivity (Wildman–Crippen MR) is 67.3 cm³/mol. The van der Waals surface area contributed by atoms with E-state index in [-0.39, 0.29) is 0 Å². The summed E-state index contributed by atoms with van der Waals surface area (Å²) in [6.45, 7) is 2.07. The van der Waals surface area contributed by atoms with Gasteiger partial charge in [-0.3, -0.25) is 0 Å². The summed E-state index contributed by atoms with van der Waals surface area (Å²) in [6.07, 6.45) is 3.71. The number of rotatable bonds is 2. The van der Waals surface area contributed by atoms with Gasteiger partial charge in [0.15, 0.2) is 0 Å².